The van der Waals surface area contributed by atoms with Gasteiger partial charge in [0, 0.05) is 31.5 Å². The third-order valence-corrected chi connectivity index (χ3v) is 8.49. The van der Waals surface area contributed by atoms with Crippen molar-refractivity contribution in [2.75, 3.05) is 13.1 Å². The van der Waals surface area contributed by atoms with Crippen LogP contribution in [0.4, 0.5) is 0 Å². The van der Waals surface area contributed by atoms with Crippen molar-refractivity contribution in [2.45, 2.75) is 57.3 Å². The van der Waals surface area contributed by atoms with Gasteiger partial charge in [0.25, 0.3) is 5.91 Å². The average molecular weight is 585 g/mol. The number of carboxylic acids is 1. The number of nitrogens with zero attached hydrogens (tertiary/aromatic N) is 3. The fourth-order valence-electron chi connectivity index (χ4n) is 5.88. The lowest BCUT2D eigenvalue weighted by Crippen LogP contribution is -2.63. The molecule has 2 unspecified atom stereocenters. The molecule has 0 bridgehead atoms. The van der Waals surface area contributed by atoms with E-state index < -0.39 is 23.7 Å². The Morgan fingerprint density at radius 1 is 1.12 bits per heavy atom. The molecule has 1 aromatic heterocycles. The second-order valence-electron chi connectivity index (χ2n) is 10.2. The van der Waals surface area contributed by atoms with Gasteiger partial charge in [-0.25, -0.2) is 4.79 Å². The van der Waals surface area contributed by atoms with Crippen LogP contribution in [-0.2, 0) is 16.0 Å². The summed E-state index contributed by atoms with van der Waals surface area (Å²) in [4.78, 5) is 42.9. The van der Waals surface area contributed by atoms with Crippen LogP contribution in [0.15, 0.2) is 53.1 Å². The van der Waals surface area contributed by atoms with Crippen molar-refractivity contribution in [1.29, 1.82) is 0 Å². The van der Waals surface area contributed by atoms with Gasteiger partial charge in [0.1, 0.15) is 23.1 Å². The highest BCUT2D eigenvalue weighted by Crippen LogP contribution is 2.39. The highest BCUT2D eigenvalue weighted by molar-refractivity contribution is 6.39. The molecule has 1 spiro atoms. The molecule has 40 heavy (non-hydrogen) atoms. The molecule has 2 fully saturated rings. The minimum atomic E-state index is -1.04. The van der Waals surface area contributed by atoms with Crippen LogP contribution >= 0.6 is 23.2 Å². The lowest BCUT2D eigenvalue weighted by molar-refractivity contribution is -0.154. The number of piperidine rings is 1. The Hall–Kier alpha value is -3.40. The van der Waals surface area contributed by atoms with Gasteiger partial charge in [0.2, 0.25) is 5.91 Å². The number of benzene rings is 2. The lowest BCUT2D eigenvalue weighted by atomic mass is 9.93. The number of halogens is 2. The van der Waals surface area contributed by atoms with Crippen molar-refractivity contribution < 1.29 is 24.0 Å². The highest BCUT2D eigenvalue weighted by Gasteiger charge is 2.55. The summed E-state index contributed by atoms with van der Waals surface area (Å²) in [5.41, 5.74) is 1.07. The quantitative estimate of drug-likeness (QED) is 0.410. The van der Waals surface area contributed by atoms with Crippen LogP contribution < -0.4 is 5.32 Å². The third kappa shape index (κ3) is 4.98. The highest BCUT2D eigenvalue weighted by atomic mass is 35.5. The van der Waals surface area contributed by atoms with E-state index in [0.29, 0.717) is 53.7 Å². The maximum absolute atomic E-state index is 13.8. The summed E-state index contributed by atoms with van der Waals surface area (Å²) in [6, 6.07) is 13.1. The Balaban J connectivity index is 1.41. The average Bonchev–Trinajstić information content (AvgIpc) is 3.42. The first-order valence-corrected chi connectivity index (χ1v) is 14.0. The first-order valence-electron chi connectivity index (χ1n) is 13.2. The Bertz CT molecular complexity index is 1420. The van der Waals surface area contributed by atoms with Crippen molar-refractivity contribution in [3.8, 4) is 11.3 Å². The molecule has 11 heteroatoms. The Kier molecular flexibility index (Phi) is 7.90. The first-order chi connectivity index (χ1) is 19.2. The van der Waals surface area contributed by atoms with Gasteiger partial charge >= 0.3 is 5.97 Å². The largest absolute Gasteiger partial charge is 0.480 e. The van der Waals surface area contributed by atoms with Gasteiger partial charge in [-0.2, -0.15) is 0 Å². The normalized spacial score (nSPS) is 19.3. The van der Waals surface area contributed by atoms with E-state index in [1.807, 2.05) is 30.3 Å². The van der Waals surface area contributed by atoms with Crippen molar-refractivity contribution in [3.63, 3.8) is 0 Å². The Morgan fingerprint density at radius 2 is 1.77 bits per heavy atom. The molecular formula is C29H30Cl2N4O5. The van der Waals surface area contributed by atoms with Crippen molar-refractivity contribution in [1.82, 2.24) is 20.3 Å². The molecule has 9 nitrogen and oxygen atoms in total. The van der Waals surface area contributed by atoms with Gasteiger partial charge in [-0.3, -0.25) is 14.9 Å². The van der Waals surface area contributed by atoms with E-state index in [1.165, 1.54) is 4.90 Å². The molecule has 2 aromatic carbocycles. The van der Waals surface area contributed by atoms with Gasteiger partial charge in [0.05, 0.1) is 21.7 Å². The van der Waals surface area contributed by atoms with Crippen LogP contribution in [0.1, 0.15) is 47.9 Å². The van der Waals surface area contributed by atoms with E-state index in [2.05, 4.69) is 10.5 Å². The number of aliphatic carboxylic acids is 1. The van der Waals surface area contributed by atoms with Gasteiger partial charge < -0.3 is 19.4 Å². The summed E-state index contributed by atoms with van der Waals surface area (Å²) < 4.78 is 5.39. The van der Waals surface area contributed by atoms with Gasteiger partial charge in [-0.05, 0) is 37.5 Å². The molecule has 3 aromatic rings. The fraction of sp³-hybridized carbons (Fsp3) is 0.379. The van der Waals surface area contributed by atoms with Crippen molar-refractivity contribution in [3.05, 3.63) is 75.5 Å². The number of aryl methyl sites for hydroxylation is 1. The van der Waals surface area contributed by atoms with E-state index in [9.17, 15) is 19.5 Å². The molecule has 0 saturated carbocycles. The Labute approximate surface area is 242 Å². The fourth-order valence-corrected chi connectivity index (χ4v) is 6.46. The van der Waals surface area contributed by atoms with Gasteiger partial charge in [0.15, 0.2) is 0 Å². The number of nitrogens with one attached hydrogen (secondary N) is 1. The molecule has 2 saturated heterocycles. The molecule has 2 N–H and O–H groups in total. The molecule has 2 amide bonds. The number of likely N-dealkylation sites (tertiary alicyclic amines) is 1. The number of amides is 2. The minimum Gasteiger partial charge on any atom is -0.480 e. The number of rotatable bonds is 7. The first kappa shape index (κ1) is 28.1. The monoisotopic (exact) mass is 584 g/mol. The number of aromatic nitrogens is 1. The molecule has 5 rings (SSSR count). The predicted octanol–water partition coefficient (Wildman–Crippen LogP) is 4.80. The number of carbonyl (C=O) groups is 3. The van der Waals surface area contributed by atoms with E-state index in [1.54, 1.807) is 36.9 Å². The summed E-state index contributed by atoms with van der Waals surface area (Å²) in [5, 5.41) is 18.3. The second kappa shape index (κ2) is 11.2. The molecule has 2 atom stereocenters. The van der Waals surface area contributed by atoms with Crippen LogP contribution in [0.2, 0.25) is 10.0 Å². The van der Waals surface area contributed by atoms with Crippen LogP contribution in [0.5, 0.6) is 0 Å². The van der Waals surface area contributed by atoms with Crippen molar-refractivity contribution >= 4 is 41.0 Å². The van der Waals surface area contributed by atoms with Crippen LogP contribution in [0.3, 0.4) is 0 Å². The van der Waals surface area contributed by atoms with Gasteiger partial charge in [-0.15, -0.1) is 0 Å². The van der Waals surface area contributed by atoms with E-state index >= 15 is 0 Å². The summed E-state index contributed by atoms with van der Waals surface area (Å²) in [5.74, 6) is -1.23. The SMILES string of the molecule is CCC(C(=O)O)N1C(=O)C(Cc2ccccc2)NC12CCN(C(=O)c1c(-c3c(Cl)cccc3Cl)noc1C)CC2. The molecule has 2 aliphatic rings. The van der Waals surface area contributed by atoms with Crippen LogP contribution in [0, 0.1) is 6.92 Å². The lowest BCUT2D eigenvalue weighted by Gasteiger charge is -2.46. The van der Waals surface area contributed by atoms with E-state index in [4.69, 9.17) is 27.7 Å². The number of hydrogen-bond acceptors (Lipinski definition) is 6. The molecular weight excluding hydrogens is 555 g/mol. The zero-order valence-corrected chi connectivity index (χ0v) is 23.7. The van der Waals surface area contributed by atoms with Crippen LogP contribution in [-0.4, -0.2) is 68.7 Å². The molecule has 2 aliphatic heterocycles. The summed E-state index contributed by atoms with van der Waals surface area (Å²) in [6.45, 7) is 4.01. The number of carboxylic acid groups (broad SMARTS) is 1. The summed E-state index contributed by atoms with van der Waals surface area (Å²) in [7, 11) is 0. The van der Waals surface area contributed by atoms with E-state index in [0.717, 1.165) is 5.56 Å². The molecule has 0 aliphatic carbocycles. The smallest absolute Gasteiger partial charge is 0.326 e. The molecule has 210 valence electrons. The maximum Gasteiger partial charge on any atom is 0.326 e. The summed E-state index contributed by atoms with van der Waals surface area (Å²) >= 11 is 12.8. The Morgan fingerprint density at radius 3 is 2.38 bits per heavy atom. The number of carbonyl (C=O) groups excluding carboxylic acids is 2. The second-order valence-corrected chi connectivity index (χ2v) is 11.1. The summed E-state index contributed by atoms with van der Waals surface area (Å²) in [6.07, 6.45) is 1.45. The minimum absolute atomic E-state index is 0.233. The molecule has 0 radical (unpaired) electrons. The third-order valence-electron chi connectivity index (χ3n) is 7.86. The zero-order chi connectivity index (χ0) is 28.6. The zero-order valence-electron chi connectivity index (χ0n) is 22.2. The molecule has 3 heterocycles. The number of hydrogen-bond donors (Lipinski definition) is 2. The van der Waals surface area contributed by atoms with Gasteiger partial charge in [-0.1, -0.05) is 71.7 Å². The van der Waals surface area contributed by atoms with E-state index in [-0.39, 0.29) is 29.5 Å². The standard InChI is InChI=1S/C29H30Cl2N4O5/c1-3-22(28(38)39)35-26(36)21(16-18-8-5-4-6-9-18)32-29(35)12-14-34(15-13-29)27(37)23-17(2)40-33-25(23)24-19(30)10-7-11-20(24)31/h4-11,21-22,32H,3,12-16H2,1-2H3,(H,38,39). The predicted molar refractivity (Wildman–Crippen MR) is 150 cm³/mol. The van der Waals surface area contributed by atoms with Crippen molar-refractivity contribution in [2.24, 2.45) is 0 Å². The maximum atomic E-state index is 13.8. The van der Waals surface area contributed by atoms with Crippen LogP contribution in [0.25, 0.3) is 11.3 Å². The topological polar surface area (TPSA) is 116 Å².